The molecule has 0 aromatic carbocycles. The molecule has 2 atom stereocenters. The van der Waals surface area contributed by atoms with Crippen LogP contribution in [0.1, 0.15) is 46.4 Å². The van der Waals surface area contributed by atoms with Crippen LogP contribution in [0.2, 0.25) is 0 Å². The van der Waals surface area contributed by atoms with E-state index < -0.39 is 5.60 Å². The summed E-state index contributed by atoms with van der Waals surface area (Å²) in [4.78, 5) is 11.7. The van der Waals surface area contributed by atoms with E-state index in [1.165, 1.54) is 0 Å². The van der Waals surface area contributed by atoms with Crippen molar-refractivity contribution in [1.82, 2.24) is 5.32 Å². The predicted octanol–water partition coefficient (Wildman–Crippen LogP) is 2.66. The van der Waals surface area contributed by atoms with Crippen LogP contribution in [0.4, 0.5) is 0 Å². The van der Waals surface area contributed by atoms with Gasteiger partial charge in [0.2, 0.25) is 0 Å². The van der Waals surface area contributed by atoms with Crippen LogP contribution in [0.5, 0.6) is 0 Å². The maximum atomic E-state index is 11.7. The van der Waals surface area contributed by atoms with E-state index in [1.807, 2.05) is 39.8 Å². The van der Waals surface area contributed by atoms with Crippen molar-refractivity contribution in [1.29, 1.82) is 0 Å². The number of nitrogens with one attached hydrogen (secondary N) is 1. The van der Waals surface area contributed by atoms with Gasteiger partial charge in [-0.05, 0) is 46.8 Å². The molecular formula is C13H21NO3. The summed E-state index contributed by atoms with van der Waals surface area (Å²) in [5.74, 6) is 0.552. The fourth-order valence-electron chi connectivity index (χ4n) is 1.45. The van der Waals surface area contributed by atoms with E-state index in [2.05, 4.69) is 5.32 Å². The zero-order chi connectivity index (χ0) is 13.1. The molecule has 1 aromatic heterocycles. The van der Waals surface area contributed by atoms with E-state index >= 15 is 0 Å². The number of hydrogen-bond donors (Lipinski definition) is 1. The molecule has 0 aliphatic rings. The normalized spacial score (nSPS) is 15.4. The van der Waals surface area contributed by atoms with E-state index in [1.54, 1.807) is 13.2 Å². The molecule has 0 radical (unpaired) electrons. The van der Waals surface area contributed by atoms with Crippen molar-refractivity contribution in [3.05, 3.63) is 24.2 Å². The van der Waals surface area contributed by atoms with Crippen LogP contribution in [0, 0.1) is 0 Å². The summed E-state index contributed by atoms with van der Waals surface area (Å²) in [7, 11) is 0. The number of carbonyl (C=O) groups is 1. The van der Waals surface area contributed by atoms with Crippen LogP contribution >= 0.6 is 0 Å². The SMILES string of the molecule is CC(N[C@@H](C)c1ccco1)C(=O)OC(C)(C)C. The second-order valence-electron chi connectivity index (χ2n) is 5.16. The molecule has 17 heavy (non-hydrogen) atoms. The Morgan fingerprint density at radius 3 is 2.53 bits per heavy atom. The van der Waals surface area contributed by atoms with Gasteiger partial charge in [-0.3, -0.25) is 10.1 Å². The highest BCUT2D eigenvalue weighted by Crippen LogP contribution is 2.14. The first-order valence-electron chi connectivity index (χ1n) is 5.82. The molecule has 0 fully saturated rings. The minimum Gasteiger partial charge on any atom is -0.468 e. The Kier molecular flexibility index (Phi) is 4.34. The maximum Gasteiger partial charge on any atom is 0.323 e. The molecule has 0 bridgehead atoms. The van der Waals surface area contributed by atoms with Crippen molar-refractivity contribution in [2.24, 2.45) is 0 Å². The number of ether oxygens (including phenoxy) is 1. The average molecular weight is 239 g/mol. The van der Waals surface area contributed by atoms with Gasteiger partial charge < -0.3 is 9.15 Å². The molecule has 0 aliphatic heterocycles. The van der Waals surface area contributed by atoms with E-state index in [9.17, 15) is 4.79 Å². The molecule has 1 heterocycles. The first kappa shape index (κ1) is 13.8. The van der Waals surface area contributed by atoms with Gasteiger partial charge >= 0.3 is 5.97 Å². The molecule has 0 amide bonds. The summed E-state index contributed by atoms with van der Waals surface area (Å²) < 4.78 is 10.5. The minimum atomic E-state index is -0.457. The van der Waals surface area contributed by atoms with Crippen LogP contribution in [0.15, 0.2) is 22.8 Å². The molecule has 4 heteroatoms. The first-order chi connectivity index (χ1) is 7.79. The van der Waals surface area contributed by atoms with Crippen molar-refractivity contribution in [3.63, 3.8) is 0 Å². The molecule has 0 aliphatic carbocycles. The lowest BCUT2D eigenvalue weighted by Gasteiger charge is -2.24. The van der Waals surface area contributed by atoms with Crippen molar-refractivity contribution in [2.75, 3.05) is 0 Å². The number of carbonyl (C=O) groups excluding carboxylic acids is 1. The third kappa shape index (κ3) is 4.61. The molecule has 1 N–H and O–H groups in total. The number of furan rings is 1. The third-order valence-electron chi connectivity index (χ3n) is 2.23. The van der Waals surface area contributed by atoms with Crippen LogP contribution in [0.25, 0.3) is 0 Å². The van der Waals surface area contributed by atoms with Gasteiger partial charge in [-0.15, -0.1) is 0 Å². The van der Waals surface area contributed by atoms with Gasteiger partial charge in [0.25, 0.3) is 0 Å². The molecule has 4 nitrogen and oxygen atoms in total. The second kappa shape index (κ2) is 5.36. The molecular weight excluding hydrogens is 218 g/mol. The van der Waals surface area contributed by atoms with Gasteiger partial charge in [0, 0.05) is 0 Å². The topological polar surface area (TPSA) is 51.5 Å². The Morgan fingerprint density at radius 2 is 2.06 bits per heavy atom. The van der Waals surface area contributed by atoms with Gasteiger partial charge in [0.1, 0.15) is 17.4 Å². The predicted molar refractivity (Wildman–Crippen MR) is 65.6 cm³/mol. The summed E-state index contributed by atoms with van der Waals surface area (Å²) in [6.45, 7) is 9.29. The zero-order valence-electron chi connectivity index (χ0n) is 11.1. The Labute approximate surface area is 102 Å². The standard InChI is InChI=1S/C13H21NO3/c1-9(11-7-6-8-16-11)14-10(2)12(15)17-13(3,4)5/h6-10,14H,1-5H3/t9-,10?/m0/s1. The Bertz CT molecular complexity index is 351. The van der Waals surface area contributed by atoms with Crippen molar-refractivity contribution < 1.29 is 13.9 Å². The Morgan fingerprint density at radius 1 is 1.41 bits per heavy atom. The maximum absolute atomic E-state index is 11.7. The number of esters is 1. The third-order valence-corrected chi connectivity index (χ3v) is 2.23. The molecule has 1 aromatic rings. The molecule has 0 saturated carbocycles. The second-order valence-corrected chi connectivity index (χ2v) is 5.16. The van der Waals surface area contributed by atoms with Gasteiger partial charge in [-0.25, -0.2) is 0 Å². The fourth-order valence-corrected chi connectivity index (χ4v) is 1.45. The average Bonchev–Trinajstić information content (AvgIpc) is 2.67. The van der Waals surface area contributed by atoms with Crippen LogP contribution < -0.4 is 5.32 Å². The van der Waals surface area contributed by atoms with E-state index in [-0.39, 0.29) is 18.1 Å². The van der Waals surface area contributed by atoms with Crippen molar-refractivity contribution in [2.45, 2.75) is 52.3 Å². The van der Waals surface area contributed by atoms with Gasteiger partial charge in [0.05, 0.1) is 12.3 Å². The molecule has 96 valence electrons. The first-order valence-corrected chi connectivity index (χ1v) is 5.82. The number of hydrogen-bond acceptors (Lipinski definition) is 4. The summed E-state index contributed by atoms with van der Waals surface area (Å²) in [5, 5.41) is 3.14. The number of rotatable bonds is 4. The minimum absolute atomic E-state index is 0.0208. The van der Waals surface area contributed by atoms with Gasteiger partial charge in [-0.1, -0.05) is 0 Å². The van der Waals surface area contributed by atoms with Gasteiger partial charge in [0.15, 0.2) is 0 Å². The molecule has 0 spiro atoms. The van der Waals surface area contributed by atoms with E-state index in [4.69, 9.17) is 9.15 Å². The zero-order valence-corrected chi connectivity index (χ0v) is 11.1. The van der Waals surface area contributed by atoms with E-state index in [0.29, 0.717) is 0 Å². The summed E-state index contributed by atoms with van der Waals surface area (Å²) in [6.07, 6.45) is 1.62. The quantitative estimate of drug-likeness (QED) is 0.821. The van der Waals surface area contributed by atoms with Crippen molar-refractivity contribution in [3.8, 4) is 0 Å². The fraction of sp³-hybridized carbons (Fsp3) is 0.615. The summed E-state index contributed by atoms with van der Waals surface area (Å²) >= 11 is 0. The Balaban J connectivity index is 2.49. The highest BCUT2D eigenvalue weighted by Gasteiger charge is 2.23. The summed E-state index contributed by atoms with van der Waals surface area (Å²) in [5.41, 5.74) is -0.457. The largest absolute Gasteiger partial charge is 0.468 e. The Hall–Kier alpha value is -1.29. The van der Waals surface area contributed by atoms with Crippen LogP contribution in [-0.4, -0.2) is 17.6 Å². The van der Waals surface area contributed by atoms with Crippen LogP contribution in [0.3, 0.4) is 0 Å². The molecule has 0 saturated heterocycles. The highest BCUT2D eigenvalue weighted by molar-refractivity contribution is 5.75. The van der Waals surface area contributed by atoms with E-state index in [0.717, 1.165) is 5.76 Å². The lowest BCUT2D eigenvalue weighted by atomic mass is 10.2. The van der Waals surface area contributed by atoms with Gasteiger partial charge in [-0.2, -0.15) is 0 Å². The molecule has 1 unspecified atom stereocenters. The highest BCUT2D eigenvalue weighted by atomic mass is 16.6. The lowest BCUT2D eigenvalue weighted by Crippen LogP contribution is -2.40. The lowest BCUT2D eigenvalue weighted by molar-refractivity contribution is -0.157. The van der Waals surface area contributed by atoms with Crippen LogP contribution in [-0.2, 0) is 9.53 Å². The molecule has 1 rings (SSSR count). The monoisotopic (exact) mass is 239 g/mol. The smallest absolute Gasteiger partial charge is 0.323 e. The summed E-state index contributed by atoms with van der Waals surface area (Å²) in [6, 6.07) is 3.31. The van der Waals surface area contributed by atoms with Crippen molar-refractivity contribution >= 4 is 5.97 Å².